The number of benzene rings is 1. The van der Waals surface area contributed by atoms with E-state index >= 15 is 0 Å². The van der Waals surface area contributed by atoms with Crippen LogP contribution in [0, 0.1) is 11.8 Å². The van der Waals surface area contributed by atoms with E-state index < -0.39 is 0 Å². The molecule has 0 unspecified atom stereocenters. The summed E-state index contributed by atoms with van der Waals surface area (Å²) in [6, 6.07) is 8.98. The summed E-state index contributed by atoms with van der Waals surface area (Å²) in [6.45, 7) is 4.25. The van der Waals surface area contributed by atoms with Gasteiger partial charge >= 0.3 is 0 Å². The van der Waals surface area contributed by atoms with E-state index in [0.29, 0.717) is 23.8 Å². The van der Waals surface area contributed by atoms with Gasteiger partial charge in [-0.2, -0.15) is 0 Å². The van der Waals surface area contributed by atoms with Gasteiger partial charge in [0.2, 0.25) is 5.91 Å². The van der Waals surface area contributed by atoms with Crippen molar-refractivity contribution in [1.82, 2.24) is 9.80 Å². The molecule has 27 heavy (non-hydrogen) atoms. The normalized spacial score (nSPS) is 27.9. The first-order valence-electron chi connectivity index (χ1n) is 10.9. The Bertz CT molecular complexity index is 624. The van der Waals surface area contributed by atoms with Crippen molar-refractivity contribution < 1.29 is 9.53 Å². The molecule has 148 valence electrons. The SMILES string of the molecule is COc1ccc(CN2CC[C@@H]3CC(=O)N(C4CCCCC4)CC[C@H]3C2)cc1. The number of hydrogen-bond donors (Lipinski definition) is 0. The van der Waals surface area contributed by atoms with Gasteiger partial charge in [0.25, 0.3) is 0 Å². The average molecular weight is 371 g/mol. The predicted octanol–water partition coefficient (Wildman–Crippen LogP) is 4.09. The van der Waals surface area contributed by atoms with Crippen LogP contribution in [0.3, 0.4) is 0 Å². The van der Waals surface area contributed by atoms with Gasteiger partial charge in [-0.25, -0.2) is 0 Å². The molecule has 0 N–H and O–H groups in total. The van der Waals surface area contributed by atoms with Gasteiger partial charge in [-0.05, 0) is 61.8 Å². The maximum Gasteiger partial charge on any atom is 0.223 e. The Balaban J connectivity index is 1.35. The number of fused-ring (bicyclic) bond motifs is 1. The predicted molar refractivity (Wildman–Crippen MR) is 108 cm³/mol. The smallest absolute Gasteiger partial charge is 0.223 e. The first-order valence-corrected chi connectivity index (χ1v) is 10.9. The molecule has 0 aromatic heterocycles. The molecule has 1 aromatic rings. The molecule has 1 amide bonds. The van der Waals surface area contributed by atoms with Crippen LogP contribution in [0.4, 0.5) is 0 Å². The second-order valence-corrected chi connectivity index (χ2v) is 8.76. The van der Waals surface area contributed by atoms with Crippen LogP contribution >= 0.6 is 0 Å². The molecule has 2 saturated heterocycles. The summed E-state index contributed by atoms with van der Waals surface area (Å²) in [5.41, 5.74) is 1.35. The van der Waals surface area contributed by atoms with Gasteiger partial charge in [0, 0.05) is 32.1 Å². The average Bonchev–Trinajstić information content (AvgIpc) is 2.87. The summed E-state index contributed by atoms with van der Waals surface area (Å²) in [6.07, 6.45) is 9.56. The monoisotopic (exact) mass is 370 g/mol. The van der Waals surface area contributed by atoms with Gasteiger partial charge in [-0.15, -0.1) is 0 Å². The van der Waals surface area contributed by atoms with Crippen LogP contribution in [0.2, 0.25) is 0 Å². The molecule has 0 spiro atoms. The van der Waals surface area contributed by atoms with Crippen LogP contribution in [-0.4, -0.2) is 48.5 Å². The Morgan fingerprint density at radius 3 is 2.44 bits per heavy atom. The topological polar surface area (TPSA) is 32.8 Å². The van der Waals surface area contributed by atoms with E-state index in [1.165, 1.54) is 50.5 Å². The molecule has 4 heteroatoms. The molecule has 3 aliphatic rings. The minimum absolute atomic E-state index is 0.443. The third kappa shape index (κ3) is 4.48. The number of likely N-dealkylation sites (tertiary alicyclic amines) is 2. The number of piperidine rings is 1. The molecular weight excluding hydrogens is 336 g/mol. The largest absolute Gasteiger partial charge is 0.497 e. The van der Waals surface area contributed by atoms with E-state index in [2.05, 4.69) is 34.1 Å². The number of methoxy groups -OCH3 is 1. The number of ether oxygens (including phenoxy) is 1. The molecule has 2 atom stereocenters. The van der Waals surface area contributed by atoms with E-state index in [0.717, 1.165) is 38.3 Å². The first kappa shape index (κ1) is 18.8. The second-order valence-electron chi connectivity index (χ2n) is 8.76. The highest BCUT2D eigenvalue weighted by atomic mass is 16.5. The molecule has 2 heterocycles. The maximum absolute atomic E-state index is 12.9. The lowest BCUT2D eigenvalue weighted by atomic mass is 9.82. The molecule has 1 saturated carbocycles. The van der Waals surface area contributed by atoms with Crippen molar-refractivity contribution in [1.29, 1.82) is 0 Å². The molecule has 2 aliphatic heterocycles. The number of nitrogens with zero attached hydrogens (tertiary/aromatic N) is 2. The van der Waals surface area contributed by atoms with Crippen LogP contribution in [0.25, 0.3) is 0 Å². The Morgan fingerprint density at radius 2 is 1.70 bits per heavy atom. The Hall–Kier alpha value is -1.55. The van der Waals surface area contributed by atoms with Crippen LogP contribution in [0.5, 0.6) is 5.75 Å². The minimum atomic E-state index is 0.443. The lowest BCUT2D eigenvalue weighted by Crippen LogP contribution is -2.41. The van der Waals surface area contributed by atoms with Gasteiger partial charge in [0.15, 0.2) is 0 Å². The van der Waals surface area contributed by atoms with Gasteiger partial charge in [-0.1, -0.05) is 31.4 Å². The van der Waals surface area contributed by atoms with E-state index in [4.69, 9.17) is 4.74 Å². The molecule has 1 aromatic carbocycles. The number of hydrogen-bond acceptors (Lipinski definition) is 3. The Kier molecular flexibility index (Phi) is 6.01. The first-order chi connectivity index (χ1) is 13.2. The van der Waals surface area contributed by atoms with Gasteiger partial charge in [-0.3, -0.25) is 9.69 Å². The van der Waals surface area contributed by atoms with E-state index in [9.17, 15) is 4.79 Å². The lowest BCUT2D eigenvalue weighted by molar-refractivity contribution is -0.134. The van der Waals surface area contributed by atoms with Crippen LogP contribution in [0.15, 0.2) is 24.3 Å². The standard InChI is InChI=1S/C23H34N2O2/c1-27-22-9-7-18(8-10-22)16-24-13-11-19-15-23(26)25(14-12-20(19)17-24)21-5-3-2-4-6-21/h7-10,19-21H,2-6,11-17H2,1H3/t19-,20+/m1/s1. The molecular formula is C23H34N2O2. The lowest BCUT2D eigenvalue weighted by Gasteiger charge is -2.37. The van der Waals surface area contributed by atoms with Crippen LogP contribution in [-0.2, 0) is 11.3 Å². The zero-order chi connectivity index (χ0) is 18.6. The van der Waals surface area contributed by atoms with E-state index in [1.54, 1.807) is 7.11 Å². The molecule has 1 aliphatic carbocycles. The highest BCUT2D eigenvalue weighted by molar-refractivity contribution is 5.77. The number of amides is 1. The number of carbonyl (C=O) groups is 1. The van der Waals surface area contributed by atoms with Crippen molar-refractivity contribution >= 4 is 5.91 Å². The summed E-state index contributed by atoms with van der Waals surface area (Å²) in [5, 5.41) is 0. The van der Waals surface area contributed by atoms with Gasteiger partial charge in [0.05, 0.1) is 7.11 Å². The van der Waals surface area contributed by atoms with E-state index in [1.807, 2.05) is 0 Å². The van der Waals surface area contributed by atoms with Crippen LogP contribution < -0.4 is 4.74 Å². The number of rotatable bonds is 4. The summed E-state index contributed by atoms with van der Waals surface area (Å²) in [4.78, 5) is 17.8. The van der Waals surface area contributed by atoms with Crippen molar-refractivity contribution in [3.05, 3.63) is 29.8 Å². The quantitative estimate of drug-likeness (QED) is 0.800. The molecule has 3 fully saturated rings. The molecule has 0 bridgehead atoms. The van der Waals surface area contributed by atoms with E-state index in [-0.39, 0.29) is 0 Å². The van der Waals surface area contributed by atoms with Crippen molar-refractivity contribution in [3.63, 3.8) is 0 Å². The van der Waals surface area contributed by atoms with Crippen molar-refractivity contribution in [3.8, 4) is 5.75 Å². The van der Waals surface area contributed by atoms with Crippen molar-refractivity contribution in [2.75, 3.05) is 26.7 Å². The fourth-order valence-electron chi connectivity index (χ4n) is 5.43. The van der Waals surface area contributed by atoms with Gasteiger partial charge < -0.3 is 9.64 Å². The molecule has 4 nitrogen and oxygen atoms in total. The fourth-order valence-corrected chi connectivity index (χ4v) is 5.43. The zero-order valence-corrected chi connectivity index (χ0v) is 16.7. The maximum atomic E-state index is 12.9. The number of carbonyl (C=O) groups excluding carboxylic acids is 1. The third-order valence-electron chi connectivity index (χ3n) is 7.05. The summed E-state index contributed by atoms with van der Waals surface area (Å²) in [7, 11) is 1.71. The highest BCUT2D eigenvalue weighted by Gasteiger charge is 2.37. The fraction of sp³-hybridized carbons (Fsp3) is 0.696. The summed E-state index contributed by atoms with van der Waals surface area (Å²) >= 11 is 0. The molecule has 0 radical (unpaired) electrons. The van der Waals surface area contributed by atoms with Crippen molar-refractivity contribution in [2.24, 2.45) is 11.8 Å². The second kappa shape index (κ2) is 8.64. The highest BCUT2D eigenvalue weighted by Crippen LogP contribution is 2.35. The summed E-state index contributed by atoms with van der Waals surface area (Å²) in [5.74, 6) is 2.63. The summed E-state index contributed by atoms with van der Waals surface area (Å²) < 4.78 is 5.26. The zero-order valence-electron chi connectivity index (χ0n) is 16.7. The van der Waals surface area contributed by atoms with Crippen molar-refractivity contribution in [2.45, 2.75) is 64.0 Å². The Morgan fingerprint density at radius 1 is 0.963 bits per heavy atom. The Labute approximate surface area is 163 Å². The third-order valence-corrected chi connectivity index (χ3v) is 7.05. The van der Waals surface area contributed by atoms with Crippen LogP contribution in [0.1, 0.15) is 56.9 Å². The van der Waals surface area contributed by atoms with Gasteiger partial charge in [0.1, 0.15) is 5.75 Å². The minimum Gasteiger partial charge on any atom is -0.497 e. The molecule has 4 rings (SSSR count).